The Bertz CT molecular complexity index is 1240. The van der Waals surface area contributed by atoms with Gasteiger partial charge < -0.3 is 0 Å². The van der Waals surface area contributed by atoms with Crippen molar-refractivity contribution in [1.29, 1.82) is 0 Å². The van der Waals surface area contributed by atoms with E-state index in [0.29, 0.717) is 12.1 Å². The lowest BCUT2D eigenvalue weighted by Crippen LogP contribution is -2.28. The molecule has 0 amide bonds. The lowest BCUT2D eigenvalue weighted by Gasteiger charge is -2.15. The van der Waals surface area contributed by atoms with Crippen molar-refractivity contribution >= 4 is 29.6 Å². The van der Waals surface area contributed by atoms with Crippen LogP contribution in [0.2, 0.25) is 0 Å². The highest BCUT2D eigenvalue weighted by Crippen LogP contribution is 2.36. The van der Waals surface area contributed by atoms with E-state index in [9.17, 15) is 47.4 Å². The Labute approximate surface area is 167 Å². The highest BCUT2D eigenvalue weighted by molar-refractivity contribution is 8.04. The summed E-state index contributed by atoms with van der Waals surface area (Å²) < 4.78 is 137. The SMILES string of the molecule is O=S(=O)(Cc1ccc(S(=O)(=NS(=O)(=O)C(F)(F)F)C(F)(F)F)cc1)c1ccccc1. The highest BCUT2D eigenvalue weighted by atomic mass is 32.3. The lowest BCUT2D eigenvalue weighted by atomic mass is 10.2. The molecule has 0 aliphatic heterocycles. The molecule has 0 aliphatic carbocycles. The summed E-state index contributed by atoms with van der Waals surface area (Å²) >= 11 is 0. The number of rotatable bonds is 5. The molecule has 0 saturated heterocycles. The molecule has 6 nitrogen and oxygen atoms in total. The minimum absolute atomic E-state index is 0.0785. The van der Waals surface area contributed by atoms with E-state index < -0.39 is 51.3 Å². The van der Waals surface area contributed by atoms with Gasteiger partial charge in [0.15, 0.2) is 19.6 Å². The van der Waals surface area contributed by atoms with Crippen LogP contribution in [0.5, 0.6) is 0 Å². The van der Waals surface area contributed by atoms with E-state index in [4.69, 9.17) is 0 Å². The van der Waals surface area contributed by atoms with E-state index in [0.717, 1.165) is 12.1 Å². The zero-order valence-electron chi connectivity index (χ0n) is 14.4. The fourth-order valence-corrected chi connectivity index (χ4v) is 6.37. The van der Waals surface area contributed by atoms with Crippen LogP contribution in [-0.4, -0.2) is 32.1 Å². The summed E-state index contributed by atoms with van der Waals surface area (Å²) in [5.41, 5.74) is -12.2. The molecule has 0 spiro atoms. The van der Waals surface area contributed by atoms with Gasteiger partial charge in [-0.1, -0.05) is 34.1 Å². The maximum atomic E-state index is 13.2. The number of benzene rings is 2. The molecule has 30 heavy (non-hydrogen) atoms. The Morgan fingerprint density at radius 3 is 1.60 bits per heavy atom. The molecule has 0 N–H and O–H groups in total. The van der Waals surface area contributed by atoms with Crippen LogP contribution in [0.15, 0.2) is 68.2 Å². The number of halogens is 6. The van der Waals surface area contributed by atoms with Gasteiger partial charge in [-0.2, -0.15) is 34.8 Å². The lowest BCUT2D eigenvalue weighted by molar-refractivity contribution is -0.0442. The predicted molar refractivity (Wildman–Crippen MR) is 93.6 cm³/mol. The van der Waals surface area contributed by atoms with Gasteiger partial charge in [0.25, 0.3) is 0 Å². The average Bonchev–Trinajstić information content (AvgIpc) is 2.60. The fraction of sp³-hybridized carbons (Fsp3) is 0.200. The van der Waals surface area contributed by atoms with Gasteiger partial charge in [0.05, 0.1) is 15.5 Å². The average molecular weight is 495 g/mol. The topological polar surface area (TPSA) is 97.7 Å². The molecule has 2 rings (SSSR count). The second-order valence-electron chi connectivity index (χ2n) is 5.68. The predicted octanol–water partition coefficient (Wildman–Crippen LogP) is 3.86. The Morgan fingerprint density at radius 2 is 1.17 bits per heavy atom. The minimum Gasteiger partial charge on any atom is -0.235 e. The molecule has 0 radical (unpaired) electrons. The largest absolute Gasteiger partial charge is 0.519 e. The zero-order chi connectivity index (χ0) is 23.0. The Hall–Kier alpha value is -2.13. The second-order valence-corrected chi connectivity index (χ2v) is 11.7. The van der Waals surface area contributed by atoms with Crippen LogP contribution in [0.1, 0.15) is 5.56 Å². The van der Waals surface area contributed by atoms with Crippen molar-refractivity contribution in [3.8, 4) is 0 Å². The number of sulfone groups is 1. The molecule has 166 valence electrons. The summed E-state index contributed by atoms with van der Waals surface area (Å²) in [6, 6.07) is 9.38. The van der Waals surface area contributed by atoms with Crippen LogP contribution in [0.4, 0.5) is 26.3 Å². The van der Waals surface area contributed by atoms with Gasteiger partial charge in [-0.25, -0.2) is 12.6 Å². The van der Waals surface area contributed by atoms with Gasteiger partial charge in [-0.05, 0) is 29.8 Å². The van der Waals surface area contributed by atoms with Crippen LogP contribution in [0.25, 0.3) is 0 Å². The molecule has 15 heteroatoms. The van der Waals surface area contributed by atoms with Crippen molar-refractivity contribution in [2.45, 2.75) is 26.6 Å². The monoisotopic (exact) mass is 495 g/mol. The molecule has 0 bridgehead atoms. The molecular formula is C15H11F6NO5S3. The molecule has 1 atom stereocenters. The highest BCUT2D eigenvalue weighted by Gasteiger charge is 2.52. The first-order chi connectivity index (χ1) is 13.5. The molecule has 0 heterocycles. The van der Waals surface area contributed by atoms with Crippen molar-refractivity contribution < 1.29 is 47.4 Å². The summed E-state index contributed by atoms with van der Waals surface area (Å²) in [5, 5.41) is 0. The van der Waals surface area contributed by atoms with E-state index in [-0.39, 0.29) is 10.5 Å². The number of alkyl halides is 6. The quantitative estimate of drug-likeness (QED) is 0.587. The first kappa shape index (κ1) is 24.1. The van der Waals surface area contributed by atoms with E-state index in [1.54, 1.807) is 9.83 Å². The van der Waals surface area contributed by atoms with Crippen molar-refractivity contribution in [3.05, 3.63) is 60.2 Å². The Balaban J connectivity index is 2.52. The smallest absolute Gasteiger partial charge is 0.235 e. The number of sulfonamides is 1. The Morgan fingerprint density at radius 1 is 0.667 bits per heavy atom. The first-order valence-electron chi connectivity index (χ1n) is 7.52. The van der Waals surface area contributed by atoms with Crippen molar-refractivity contribution in [3.63, 3.8) is 0 Å². The standard InChI is InChI=1S/C15H11F6NO5S3/c16-14(17,18)29(25,22-30(26,27)15(19,20)21)13-8-6-11(7-9-13)10-28(23,24)12-4-2-1-3-5-12/h1-9H,10H2. The maximum Gasteiger partial charge on any atom is 0.519 e. The number of nitrogens with zero attached hydrogens (tertiary/aromatic N) is 1. The third-order valence-electron chi connectivity index (χ3n) is 3.51. The van der Waals surface area contributed by atoms with Crippen LogP contribution in [0.3, 0.4) is 0 Å². The third-order valence-corrected chi connectivity index (χ3v) is 8.96. The third kappa shape index (κ3) is 4.95. The van der Waals surface area contributed by atoms with Gasteiger partial charge in [-0.15, -0.1) is 0 Å². The van der Waals surface area contributed by atoms with Gasteiger partial charge in [-0.3, -0.25) is 0 Å². The summed E-state index contributed by atoms with van der Waals surface area (Å²) in [4.78, 5) is -1.46. The van der Waals surface area contributed by atoms with E-state index in [2.05, 4.69) is 0 Å². The van der Waals surface area contributed by atoms with Gasteiger partial charge >= 0.3 is 21.0 Å². The normalized spacial score (nSPS) is 15.4. The van der Waals surface area contributed by atoms with Crippen molar-refractivity contribution in [1.82, 2.24) is 0 Å². The van der Waals surface area contributed by atoms with E-state index in [1.165, 1.54) is 24.3 Å². The fourth-order valence-electron chi connectivity index (χ4n) is 2.10. The molecule has 0 aliphatic rings. The molecule has 0 fully saturated rings. The summed E-state index contributed by atoms with van der Waals surface area (Å²) in [6.45, 7) is 0. The Kier molecular flexibility index (Phi) is 6.32. The summed E-state index contributed by atoms with van der Waals surface area (Å²) in [7, 11) is -16.7. The van der Waals surface area contributed by atoms with Crippen LogP contribution >= 0.6 is 0 Å². The van der Waals surface area contributed by atoms with Crippen molar-refractivity contribution in [2.75, 3.05) is 0 Å². The molecular weight excluding hydrogens is 484 g/mol. The van der Waals surface area contributed by atoms with Gasteiger partial charge in [0, 0.05) is 0 Å². The maximum absolute atomic E-state index is 13.2. The molecule has 1 unspecified atom stereocenters. The zero-order valence-corrected chi connectivity index (χ0v) is 16.8. The van der Waals surface area contributed by atoms with Crippen LogP contribution < -0.4 is 0 Å². The molecule has 2 aromatic rings. The minimum atomic E-state index is -6.73. The number of hydrogen-bond donors (Lipinski definition) is 0. The van der Waals surface area contributed by atoms with Crippen LogP contribution in [0, 0.1) is 0 Å². The summed E-state index contributed by atoms with van der Waals surface area (Å²) in [5.74, 6) is -0.678. The molecule has 0 aromatic heterocycles. The van der Waals surface area contributed by atoms with E-state index in [1.807, 2.05) is 0 Å². The van der Waals surface area contributed by atoms with E-state index >= 15 is 0 Å². The number of hydrogen-bond acceptors (Lipinski definition) is 5. The van der Waals surface area contributed by atoms with Crippen molar-refractivity contribution in [2.24, 2.45) is 3.77 Å². The first-order valence-corrected chi connectivity index (χ1v) is 12.1. The molecule has 2 aromatic carbocycles. The van der Waals surface area contributed by atoms with Crippen LogP contribution in [-0.2, 0) is 35.3 Å². The van der Waals surface area contributed by atoms with Gasteiger partial charge in [0.2, 0.25) is 0 Å². The summed E-state index contributed by atoms with van der Waals surface area (Å²) in [6.07, 6.45) is 0. The van der Waals surface area contributed by atoms with Gasteiger partial charge in [0.1, 0.15) is 0 Å². The second kappa shape index (κ2) is 7.85. The molecule has 0 saturated carbocycles.